The molecule has 0 atom stereocenters. The lowest BCUT2D eigenvalue weighted by Crippen LogP contribution is -2.35. The van der Waals surface area contributed by atoms with Crippen LogP contribution in [0.5, 0.6) is 12.0 Å². The number of hydrogen-bond donors (Lipinski definition) is 2. The molecule has 0 radical (unpaired) electrons. The lowest BCUT2D eigenvalue weighted by atomic mass is 10.3. The van der Waals surface area contributed by atoms with E-state index >= 15 is 0 Å². The van der Waals surface area contributed by atoms with Crippen LogP contribution in [0, 0.1) is 0 Å². The molecule has 14 heteroatoms. The molecule has 0 aliphatic rings. The molecule has 0 aliphatic heterocycles. The van der Waals surface area contributed by atoms with Crippen molar-refractivity contribution in [3.63, 3.8) is 0 Å². The number of thiophene rings is 1. The minimum Gasteiger partial charge on any atom is -0.467 e. The van der Waals surface area contributed by atoms with Gasteiger partial charge in [-0.15, -0.1) is 4.98 Å². The highest BCUT2D eigenvalue weighted by atomic mass is 32.2. The van der Waals surface area contributed by atoms with Crippen LogP contribution in [0.25, 0.3) is 0 Å². The molecule has 12 nitrogen and oxygen atoms in total. The summed E-state index contributed by atoms with van der Waals surface area (Å²) in [6.07, 6.45) is 0. The quantitative estimate of drug-likeness (QED) is 0.640. The van der Waals surface area contributed by atoms with E-state index in [1.165, 1.54) is 25.0 Å². The first kappa shape index (κ1) is 19.3. The highest BCUT2D eigenvalue weighted by molar-refractivity contribution is 7.90. The summed E-state index contributed by atoms with van der Waals surface area (Å²) >= 11 is 0.960. The average Bonchev–Trinajstić information content (AvgIpc) is 3.10. The first-order valence-corrected chi connectivity index (χ1v) is 9.05. The van der Waals surface area contributed by atoms with Crippen LogP contribution in [-0.2, 0) is 14.8 Å². The molecule has 2 aromatic rings. The largest absolute Gasteiger partial charge is 0.467 e. The van der Waals surface area contributed by atoms with Crippen molar-refractivity contribution in [2.75, 3.05) is 26.6 Å². The smallest absolute Gasteiger partial charge is 0.340 e. The number of methoxy groups -OCH3 is 3. The van der Waals surface area contributed by atoms with Crippen LogP contribution in [0.3, 0.4) is 0 Å². The standard InChI is InChI=1S/C12H13N5O7S2/c1-22-8(18)6-4-25-5-7(6)26(20,21)17-10(19)13-9-14-11(23-2)16-12(15-9)24-3/h4-5H,1-3H3,(H2,13,14,15,16,17,19). The topological polar surface area (TPSA) is 159 Å². The van der Waals surface area contributed by atoms with E-state index in [-0.39, 0.29) is 23.5 Å². The highest BCUT2D eigenvalue weighted by Gasteiger charge is 2.26. The summed E-state index contributed by atoms with van der Waals surface area (Å²) < 4.78 is 40.5. The van der Waals surface area contributed by atoms with Crippen LogP contribution in [0.15, 0.2) is 15.7 Å². The van der Waals surface area contributed by atoms with Crippen molar-refractivity contribution in [2.45, 2.75) is 4.90 Å². The molecule has 0 bridgehead atoms. The number of anilines is 1. The Balaban J connectivity index is 2.20. The summed E-state index contributed by atoms with van der Waals surface area (Å²) in [7, 11) is -0.659. The number of carbonyl (C=O) groups is 2. The molecular formula is C12H13N5O7S2. The fraction of sp³-hybridized carbons (Fsp3) is 0.250. The van der Waals surface area contributed by atoms with Crippen LogP contribution in [-0.4, -0.2) is 56.7 Å². The summed E-state index contributed by atoms with van der Waals surface area (Å²) in [6, 6.07) is -1.47. The Kier molecular flexibility index (Phi) is 5.89. The highest BCUT2D eigenvalue weighted by Crippen LogP contribution is 2.21. The third kappa shape index (κ3) is 4.34. The number of hydrogen-bond acceptors (Lipinski definition) is 11. The monoisotopic (exact) mass is 403 g/mol. The van der Waals surface area contributed by atoms with Gasteiger partial charge in [-0.1, -0.05) is 0 Å². The molecular weight excluding hydrogens is 390 g/mol. The van der Waals surface area contributed by atoms with Gasteiger partial charge in [0.2, 0.25) is 5.95 Å². The molecule has 0 aromatic carbocycles. The molecule has 0 unspecified atom stereocenters. The second-order valence-corrected chi connectivity index (χ2v) is 6.73. The molecule has 2 N–H and O–H groups in total. The zero-order valence-corrected chi connectivity index (χ0v) is 15.3. The van der Waals surface area contributed by atoms with E-state index in [0.717, 1.165) is 18.4 Å². The van der Waals surface area contributed by atoms with E-state index in [2.05, 4.69) is 25.0 Å². The summed E-state index contributed by atoms with van der Waals surface area (Å²) in [6.45, 7) is 0. The number of nitrogens with one attached hydrogen (secondary N) is 2. The molecule has 0 spiro atoms. The van der Waals surface area contributed by atoms with Crippen LogP contribution in [0.1, 0.15) is 10.4 Å². The fourth-order valence-electron chi connectivity index (χ4n) is 1.63. The van der Waals surface area contributed by atoms with Gasteiger partial charge in [0.05, 0.1) is 26.9 Å². The van der Waals surface area contributed by atoms with Gasteiger partial charge in [0.25, 0.3) is 10.0 Å². The molecule has 0 fully saturated rings. The fourth-order valence-corrected chi connectivity index (χ4v) is 3.90. The summed E-state index contributed by atoms with van der Waals surface area (Å²) in [5.74, 6) is -1.15. The van der Waals surface area contributed by atoms with Gasteiger partial charge >= 0.3 is 24.0 Å². The first-order valence-electron chi connectivity index (χ1n) is 6.63. The number of ether oxygens (including phenoxy) is 3. The van der Waals surface area contributed by atoms with Crippen LogP contribution in [0.4, 0.5) is 10.7 Å². The molecule has 2 aromatic heterocycles. The van der Waals surface area contributed by atoms with Crippen LogP contribution in [0.2, 0.25) is 0 Å². The molecule has 26 heavy (non-hydrogen) atoms. The Bertz CT molecular complexity index is 906. The van der Waals surface area contributed by atoms with Crippen molar-refractivity contribution in [1.82, 2.24) is 19.7 Å². The summed E-state index contributed by atoms with van der Waals surface area (Å²) in [5.41, 5.74) is -0.193. The number of nitrogens with zero attached hydrogens (tertiary/aromatic N) is 3. The number of esters is 1. The number of urea groups is 1. The Morgan fingerprint density at radius 3 is 2.19 bits per heavy atom. The minimum absolute atomic E-state index is 0.152. The van der Waals surface area contributed by atoms with E-state index < -0.39 is 26.9 Å². The van der Waals surface area contributed by atoms with Gasteiger partial charge in [-0.25, -0.2) is 22.7 Å². The Morgan fingerprint density at radius 1 is 1.04 bits per heavy atom. The number of rotatable bonds is 6. The van der Waals surface area contributed by atoms with Gasteiger partial charge in [0.1, 0.15) is 4.90 Å². The Morgan fingerprint density at radius 2 is 1.65 bits per heavy atom. The maximum atomic E-state index is 12.3. The second kappa shape index (κ2) is 7.92. The van der Waals surface area contributed by atoms with Crippen LogP contribution >= 0.6 is 11.3 Å². The van der Waals surface area contributed by atoms with E-state index in [4.69, 9.17) is 9.47 Å². The molecule has 0 aliphatic carbocycles. The maximum absolute atomic E-state index is 12.3. The van der Waals surface area contributed by atoms with Crippen molar-refractivity contribution < 1.29 is 32.2 Å². The van der Waals surface area contributed by atoms with Crippen molar-refractivity contribution in [3.05, 3.63) is 16.3 Å². The summed E-state index contributed by atoms with van der Waals surface area (Å²) in [5, 5.41) is 4.59. The van der Waals surface area contributed by atoms with Crippen molar-refractivity contribution >= 4 is 39.3 Å². The lowest BCUT2D eigenvalue weighted by Gasteiger charge is -2.09. The van der Waals surface area contributed by atoms with Gasteiger partial charge in [0.15, 0.2) is 0 Å². The van der Waals surface area contributed by atoms with Gasteiger partial charge in [-0.2, -0.15) is 21.3 Å². The van der Waals surface area contributed by atoms with Crippen molar-refractivity contribution in [2.24, 2.45) is 0 Å². The normalized spacial score (nSPS) is 10.7. The van der Waals surface area contributed by atoms with Crippen molar-refractivity contribution in [3.8, 4) is 12.0 Å². The first-order chi connectivity index (χ1) is 12.3. The maximum Gasteiger partial charge on any atom is 0.340 e. The van der Waals surface area contributed by atoms with Crippen LogP contribution < -0.4 is 19.5 Å². The summed E-state index contributed by atoms with van der Waals surface area (Å²) in [4.78, 5) is 34.4. The zero-order chi connectivity index (χ0) is 19.3. The number of carbonyl (C=O) groups excluding carboxylic acids is 2. The average molecular weight is 403 g/mol. The second-order valence-electron chi connectivity index (χ2n) is 4.33. The van der Waals surface area contributed by atoms with Gasteiger partial charge < -0.3 is 14.2 Å². The third-order valence-corrected chi connectivity index (χ3v) is 5.00. The third-order valence-electron chi connectivity index (χ3n) is 2.73. The lowest BCUT2D eigenvalue weighted by molar-refractivity contribution is 0.0597. The Hall–Kier alpha value is -3.00. The molecule has 0 saturated carbocycles. The molecule has 2 amide bonds. The van der Waals surface area contributed by atoms with E-state index in [1.807, 2.05) is 0 Å². The minimum atomic E-state index is -4.34. The predicted molar refractivity (Wildman–Crippen MR) is 87.9 cm³/mol. The SMILES string of the molecule is COC(=O)c1cscc1S(=O)(=O)NC(=O)Nc1nc(OC)nc(OC)n1. The number of aromatic nitrogens is 3. The van der Waals surface area contributed by atoms with Gasteiger partial charge in [0, 0.05) is 10.8 Å². The van der Waals surface area contributed by atoms with E-state index in [1.54, 1.807) is 4.72 Å². The molecule has 2 rings (SSSR count). The predicted octanol–water partition coefficient (Wildman–Crippen LogP) is 0.247. The molecule has 2 heterocycles. The van der Waals surface area contributed by atoms with E-state index in [0.29, 0.717) is 0 Å². The van der Waals surface area contributed by atoms with Gasteiger partial charge in [-0.05, 0) is 0 Å². The van der Waals surface area contributed by atoms with E-state index in [9.17, 15) is 18.0 Å². The zero-order valence-electron chi connectivity index (χ0n) is 13.7. The molecule has 140 valence electrons. The number of sulfonamides is 1. The van der Waals surface area contributed by atoms with Crippen molar-refractivity contribution in [1.29, 1.82) is 0 Å². The Labute approximate surface area is 151 Å². The number of amides is 2. The molecule has 0 saturated heterocycles. The van der Waals surface area contributed by atoms with Gasteiger partial charge in [-0.3, -0.25) is 5.32 Å².